The van der Waals surface area contributed by atoms with Gasteiger partial charge >= 0.3 is 0 Å². The SMILES string of the molecule is O=C(CCS(=O)(=O)C1CCCC1)NCC1(c2ccc(F)cc2)CCCC1. The van der Waals surface area contributed by atoms with Gasteiger partial charge in [-0.15, -0.1) is 0 Å². The molecule has 1 amide bonds. The van der Waals surface area contributed by atoms with Gasteiger partial charge in [-0.05, 0) is 43.4 Å². The van der Waals surface area contributed by atoms with Crippen LogP contribution in [0.1, 0.15) is 63.4 Å². The van der Waals surface area contributed by atoms with Crippen LogP contribution in [-0.2, 0) is 20.0 Å². The lowest BCUT2D eigenvalue weighted by molar-refractivity contribution is -0.121. The van der Waals surface area contributed by atoms with Crippen molar-refractivity contribution in [3.63, 3.8) is 0 Å². The zero-order valence-electron chi connectivity index (χ0n) is 15.2. The summed E-state index contributed by atoms with van der Waals surface area (Å²) in [5, 5.41) is 2.69. The average Bonchev–Trinajstić information content (AvgIpc) is 3.31. The Morgan fingerprint density at radius 2 is 1.69 bits per heavy atom. The molecule has 2 aliphatic carbocycles. The molecule has 2 fully saturated rings. The number of nitrogens with one attached hydrogen (secondary N) is 1. The average molecular weight is 382 g/mol. The zero-order chi connectivity index (χ0) is 18.6. The number of hydrogen-bond acceptors (Lipinski definition) is 3. The summed E-state index contributed by atoms with van der Waals surface area (Å²) in [5.41, 5.74) is 0.892. The predicted octanol–water partition coefficient (Wildman–Crippen LogP) is 3.50. The van der Waals surface area contributed by atoms with E-state index in [1.807, 2.05) is 0 Å². The van der Waals surface area contributed by atoms with Gasteiger partial charge in [0.2, 0.25) is 5.91 Å². The van der Waals surface area contributed by atoms with Crippen molar-refractivity contribution in [2.24, 2.45) is 0 Å². The van der Waals surface area contributed by atoms with Crippen molar-refractivity contribution in [3.8, 4) is 0 Å². The monoisotopic (exact) mass is 381 g/mol. The van der Waals surface area contributed by atoms with Crippen LogP contribution >= 0.6 is 0 Å². The first-order valence-electron chi connectivity index (χ1n) is 9.66. The molecule has 0 radical (unpaired) electrons. The van der Waals surface area contributed by atoms with E-state index >= 15 is 0 Å². The van der Waals surface area contributed by atoms with Crippen molar-refractivity contribution < 1.29 is 17.6 Å². The molecule has 6 heteroatoms. The van der Waals surface area contributed by atoms with Crippen LogP contribution in [0.25, 0.3) is 0 Å². The molecule has 0 heterocycles. The Bertz CT molecular complexity index is 718. The first kappa shape index (κ1) is 19.3. The number of benzene rings is 1. The van der Waals surface area contributed by atoms with Crippen LogP contribution in [0, 0.1) is 5.82 Å². The van der Waals surface area contributed by atoms with Crippen LogP contribution in [0.3, 0.4) is 0 Å². The van der Waals surface area contributed by atoms with E-state index in [0.29, 0.717) is 6.54 Å². The van der Waals surface area contributed by atoms with Crippen LogP contribution < -0.4 is 5.32 Å². The second-order valence-electron chi connectivity index (χ2n) is 7.79. The van der Waals surface area contributed by atoms with E-state index in [1.165, 1.54) is 12.1 Å². The molecule has 144 valence electrons. The molecule has 0 aliphatic heterocycles. The van der Waals surface area contributed by atoms with Gasteiger partial charge < -0.3 is 5.32 Å². The smallest absolute Gasteiger partial charge is 0.221 e. The molecule has 0 unspecified atom stereocenters. The molecule has 4 nitrogen and oxygen atoms in total. The normalized spacial score (nSPS) is 20.3. The van der Waals surface area contributed by atoms with Crippen LogP contribution in [0.4, 0.5) is 4.39 Å². The van der Waals surface area contributed by atoms with E-state index in [-0.39, 0.29) is 34.6 Å². The maximum Gasteiger partial charge on any atom is 0.221 e. The van der Waals surface area contributed by atoms with Crippen molar-refractivity contribution in [3.05, 3.63) is 35.6 Å². The number of carbonyl (C=O) groups is 1. The number of amides is 1. The van der Waals surface area contributed by atoms with Crippen LogP contribution in [0.5, 0.6) is 0 Å². The summed E-state index contributed by atoms with van der Waals surface area (Å²) in [7, 11) is -3.17. The number of sulfone groups is 1. The number of hydrogen-bond donors (Lipinski definition) is 1. The van der Waals surface area contributed by atoms with Crippen molar-refractivity contribution in [1.29, 1.82) is 0 Å². The summed E-state index contributed by atoms with van der Waals surface area (Å²) in [4.78, 5) is 12.3. The fourth-order valence-corrected chi connectivity index (χ4v) is 6.28. The minimum absolute atomic E-state index is 0.0261. The summed E-state index contributed by atoms with van der Waals surface area (Å²) in [6.07, 6.45) is 7.52. The first-order chi connectivity index (χ1) is 12.4. The summed E-state index contributed by atoms with van der Waals surface area (Å²) in [6.45, 7) is 0.487. The fourth-order valence-electron chi connectivity index (χ4n) is 4.43. The molecule has 2 aliphatic rings. The van der Waals surface area contributed by atoms with E-state index < -0.39 is 9.84 Å². The molecule has 2 saturated carbocycles. The number of carbonyl (C=O) groups excluding carboxylic acids is 1. The van der Waals surface area contributed by atoms with E-state index in [2.05, 4.69) is 5.32 Å². The van der Waals surface area contributed by atoms with Gasteiger partial charge in [-0.1, -0.05) is 37.8 Å². The third-order valence-corrected chi connectivity index (χ3v) is 8.33. The molecule has 1 aromatic carbocycles. The van der Waals surface area contributed by atoms with Crippen molar-refractivity contribution in [2.75, 3.05) is 12.3 Å². The molecule has 26 heavy (non-hydrogen) atoms. The molecule has 1 aromatic rings. The molecule has 0 bridgehead atoms. The van der Waals surface area contributed by atoms with Gasteiger partial charge in [0.15, 0.2) is 9.84 Å². The van der Waals surface area contributed by atoms with Crippen molar-refractivity contribution in [2.45, 2.75) is 68.5 Å². The molecule has 0 spiro atoms. The second-order valence-corrected chi connectivity index (χ2v) is 10.2. The largest absolute Gasteiger partial charge is 0.355 e. The fraction of sp³-hybridized carbons (Fsp3) is 0.650. The molecule has 1 N–H and O–H groups in total. The third-order valence-electron chi connectivity index (χ3n) is 6.06. The van der Waals surface area contributed by atoms with E-state index in [9.17, 15) is 17.6 Å². The number of halogens is 1. The summed E-state index contributed by atoms with van der Waals surface area (Å²) in [6, 6.07) is 6.53. The summed E-state index contributed by atoms with van der Waals surface area (Å²) >= 11 is 0. The Labute approximate surface area is 155 Å². The highest BCUT2D eigenvalue weighted by Crippen LogP contribution is 2.40. The van der Waals surface area contributed by atoms with Gasteiger partial charge in [0.25, 0.3) is 0 Å². The van der Waals surface area contributed by atoms with Gasteiger partial charge in [-0.2, -0.15) is 0 Å². The van der Waals surface area contributed by atoms with Crippen molar-refractivity contribution in [1.82, 2.24) is 5.32 Å². The van der Waals surface area contributed by atoms with E-state index in [0.717, 1.165) is 56.9 Å². The van der Waals surface area contributed by atoms with Crippen molar-refractivity contribution >= 4 is 15.7 Å². The molecule has 0 atom stereocenters. The van der Waals surface area contributed by atoms with E-state index in [4.69, 9.17) is 0 Å². The maximum atomic E-state index is 13.2. The van der Waals surface area contributed by atoms with Gasteiger partial charge in [-0.25, -0.2) is 12.8 Å². The Morgan fingerprint density at radius 1 is 1.08 bits per heavy atom. The summed E-state index contributed by atoms with van der Waals surface area (Å²) < 4.78 is 37.8. The highest BCUT2D eigenvalue weighted by Gasteiger charge is 2.36. The molecule has 0 saturated heterocycles. The Kier molecular flexibility index (Phi) is 6.00. The van der Waals surface area contributed by atoms with Crippen LogP contribution in [-0.4, -0.2) is 31.9 Å². The Morgan fingerprint density at radius 3 is 2.31 bits per heavy atom. The van der Waals surface area contributed by atoms with E-state index in [1.54, 1.807) is 12.1 Å². The van der Waals surface area contributed by atoms with Gasteiger partial charge in [0.05, 0.1) is 11.0 Å². The highest BCUT2D eigenvalue weighted by molar-refractivity contribution is 7.92. The first-order valence-corrected chi connectivity index (χ1v) is 11.4. The van der Waals surface area contributed by atoms with Crippen LogP contribution in [0.15, 0.2) is 24.3 Å². The highest BCUT2D eigenvalue weighted by atomic mass is 32.2. The lowest BCUT2D eigenvalue weighted by Gasteiger charge is -2.30. The Balaban J connectivity index is 1.56. The van der Waals surface area contributed by atoms with Crippen LogP contribution in [0.2, 0.25) is 0 Å². The minimum atomic E-state index is -3.17. The third kappa shape index (κ3) is 4.45. The minimum Gasteiger partial charge on any atom is -0.355 e. The lowest BCUT2D eigenvalue weighted by Crippen LogP contribution is -2.39. The lowest BCUT2D eigenvalue weighted by atomic mass is 9.79. The Hall–Kier alpha value is -1.43. The molecular weight excluding hydrogens is 353 g/mol. The topological polar surface area (TPSA) is 63.2 Å². The number of rotatable bonds is 7. The maximum absolute atomic E-state index is 13.2. The predicted molar refractivity (Wildman–Crippen MR) is 100 cm³/mol. The van der Waals surface area contributed by atoms with Gasteiger partial charge in [0, 0.05) is 18.4 Å². The standard InChI is InChI=1S/C20H28FNO3S/c21-17-9-7-16(8-10-17)20(12-3-4-13-20)15-22-19(23)11-14-26(24,25)18-5-1-2-6-18/h7-10,18H,1-6,11-15H2,(H,22,23). The molecular formula is C20H28FNO3S. The van der Waals surface area contributed by atoms with Gasteiger partial charge in [-0.3, -0.25) is 4.79 Å². The molecule has 3 rings (SSSR count). The second kappa shape index (κ2) is 8.07. The molecule has 0 aromatic heterocycles. The van der Waals surface area contributed by atoms with Gasteiger partial charge in [0.1, 0.15) is 5.82 Å². The summed E-state index contributed by atoms with van der Waals surface area (Å²) in [5.74, 6) is -0.532. The quantitative estimate of drug-likeness (QED) is 0.786. The zero-order valence-corrected chi connectivity index (χ0v) is 16.0.